The quantitative estimate of drug-likeness (QED) is 0.246. The molecule has 0 aromatic heterocycles. The van der Waals surface area contributed by atoms with Gasteiger partial charge in [0.1, 0.15) is 0 Å². The van der Waals surface area contributed by atoms with Crippen LogP contribution in [0.5, 0.6) is 0 Å². The lowest BCUT2D eigenvalue weighted by Gasteiger charge is -2.33. The molecule has 1 unspecified atom stereocenters. The predicted octanol–water partition coefficient (Wildman–Crippen LogP) is 1.55. The molecule has 1 saturated heterocycles. The van der Waals surface area contributed by atoms with Gasteiger partial charge in [-0.3, -0.25) is 4.99 Å². The summed E-state index contributed by atoms with van der Waals surface area (Å²) in [7, 11) is 5.98. The van der Waals surface area contributed by atoms with Gasteiger partial charge in [-0.05, 0) is 40.8 Å². The van der Waals surface area contributed by atoms with Crippen LogP contribution < -0.4 is 10.6 Å². The molecule has 0 aliphatic carbocycles. The van der Waals surface area contributed by atoms with E-state index >= 15 is 0 Å². The van der Waals surface area contributed by atoms with Gasteiger partial charge in [0.15, 0.2) is 5.96 Å². The Morgan fingerprint density at radius 3 is 2.65 bits per heavy atom. The molecule has 1 atom stereocenters. The standard InChI is InChI=1S/C16H34N4O2.HI/c1-16(2,20(4)5)13-19-15(17-3)18-8-6-9-21-11-14-7-10-22-12-14;/h14H,6-13H2,1-5H3,(H2,17,18,19);1H. The van der Waals surface area contributed by atoms with E-state index in [1.54, 1.807) is 7.05 Å². The number of ether oxygens (including phenoxy) is 2. The molecule has 0 bridgehead atoms. The Balaban J connectivity index is 0.00000484. The Kier molecular flexibility index (Phi) is 12.2. The zero-order valence-corrected chi connectivity index (χ0v) is 17.7. The number of hydrogen-bond acceptors (Lipinski definition) is 4. The molecule has 138 valence electrons. The molecule has 0 saturated carbocycles. The zero-order chi connectivity index (χ0) is 16.4. The largest absolute Gasteiger partial charge is 0.381 e. The molecule has 1 rings (SSSR count). The molecule has 0 aromatic rings. The van der Waals surface area contributed by atoms with E-state index in [1.165, 1.54) is 0 Å². The monoisotopic (exact) mass is 442 g/mol. The maximum Gasteiger partial charge on any atom is 0.191 e. The molecule has 1 fully saturated rings. The smallest absolute Gasteiger partial charge is 0.191 e. The van der Waals surface area contributed by atoms with Crippen molar-refractivity contribution < 1.29 is 9.47 Å². The Hall–Kier alpha value is -0.120. The first-order valence-corrected chi connectivity index (χ1v) is 8.23. The summed E-state index contributed by atoms with van der Waals surface area (Å²) in [6.07, 6.45) is 2.11. The molecule has 0 spiro atoms. The molecule has 7 heteroatoms. The summed E-state index contributed by atoms with van der Waals surface area (Å²) < 4.78 is 11.0. The summed E-state index contributed by atoms with van der Waals surface area (Å²) in [4.78, 5) is 6.45. The van der Waals surface area contributed by atoms with E-state index in [4.69, 9.17) is 9.47 Å². The fourth-order valence-electron chi connectivity index (χ4n) is 2.02. The molecule has 2 N–H and O–H groups in total. The van der Waals surface area contributed by atoms with Gasteiger partial charge in [0, 0.05) is 44.8 Å². The summed E-state index contributed by atoms with van der Waals surface area (Å²) >= 11 is 0. The maximum atomic E-state index is 5.69. The third-order valence-electron chi connectivity index (χ3n) is 4.26. The van der Waals surface area contributed by atoms with Gasteiger partial charge < -0.3 is 25.0 Å². The van der Waals surface area contributed by atoms with Gasteiger partial charge in [0.25, 0.3) is 0 Å². The van der Waals surface area contributed by atoms with Crippen molar-refractivity contribution in [2.75, 3.05) is 60.7 Å². The summed E-state index contributed by atoms with van der Waals surface area (Å²) in [6.45, 7) is 9.47. The van der Waals surface area contributed by atoms with E-state index in [1.807, 2.05) is 0 Å². The van der Waals surface area contributed by atoms with Gasteiger partial charge in [0.2, 0.25) is 0 Å². The van der Waals surface area contributed by atoms with Crippen molar-refractivity contribution in [1.82, 2.24) is 15.5 Å². The second-order valence-electron chi connectivity index (χ2n) is 6.72. The normalized spacial score (nSPS) is 18.9. The SMILES string of the molecule is CN=C(NCCCOCC1CCOC1)NCC(C)(C)N(C)C.I. The highest BCUT2D eigenvalue weighted by atomic mass is 127. The van der Waals surface area contributed by atoms with Gasteiger partial charge in [-0.2, -0.15) is 0 Å². The Bertz CT molecular complexity index is 332. The third kappa shape index (κ3) is 9.69. The Labute approximate surface area is 158 Å². The number of hydrogen-bond donors (Lipinski definition) is 2. The van der Waals surface area contributed by atoms with E-state index in [2.05, 4.69) is 48.5 Å². The lowest BCUT2D eigenvalue weighted by atomic mass is 10.0. The first-order chi connectivity index (χ1) is 10.5. The highest BCUT2D eigenvalue weighted by Crippen LogP contribution is 2.12. The second kappa shape index (κ2) is 12.3. The number of likely N-dealkylation sites (N-methyl/N-ethyl adjacent to an activating group) is 1. The predicted molar refractivity (Wildman–Crippen MR) is 107 cm³/mol. The summed E-state index contributed by atoms with van der Waals surface area (Å²) in [5, 5.41) is 6.69. The Morgan fingerprint density at radius 1 is 1.35 bits per heavy atom. The van der Waals surface area contributed by atoms with Crippen LogP contribution in [-0.4, -0.2) is 77.1 Å². The fourth-order valence-corrected chi connectivity index (χ4v) is 2.02. The van der Waals surface area contributed by atoms with Crippen LogP contribution >= 0.6 is 24.0 Å². The van der Waals surface area contributed by atoms with Crippen LogP contribution in [0.25, 0.3) is 0 Å². The number of nitrogens with zero attached hydrogens (tertiary/aromatic N) is 2. The molecular weight excluding hydrogens is 407 g/mol. The highest BCUT2D eigenvalue weighted by molar-refractivity contribution is 14.0. The first kappa shape index (κ1) is 22.9. The van der Waals surface area contributed by atoms with Crippen molar-refractivity contribution in [1.29, 1.82) is 0 Å². The van der Waals surface area contributed by atoms with Crippen molar-refractivity contribution in [2.24, 2.45) is 10.9 Å². The number of halogens is 1. The second-order valence-corrected chi connectivity index (χ2v) is 6.72. The van der Waals surface area contributed by atoms with Crippen LogP contribution in [0.3, 0.4) is 0 Å². The minimum Gasteiger partial charge on any atom is -0.381 e. The molecule has 0 amide bonds. The fraction of sp³-hybridized carbons (Fsp3) is 0.938. The molecule has 0 aromatic carbocycles. The molecule has 1 heterocycles. The van der Waals surface area contributed by atoms with Crippen LogP contribution in [0, 0.1) is 5.92 Å². The van der Waals surface area contributed by atoms with Crippen LogP contribution in [0.2, 0.25) is 0 Å². The molecule has 23 heavy (non-hydrogen) atoms. The molecule has 1 aliphatic heterocycles. The van der Waals surface area contributed by atoms with Crippen LogP contribution in [0.1, 0.15) is 26.7 Å². The average Bonchev–Trinajstić information content (AvgIpc) is 2.98. The number of nitrogens with one attached hydrogen (secondary N) is 2. The summed E-state index contributed by atoms with van der Waals surface area (Å²) in [6, 6.07) is 0. The van der Waals surface area contributed by atoms with Gasteiger partial charge >= 0.3 is 0 Å². The van der Waals surface area contributed by atoms with E-state index in [0.717, 1.165) is 58.3 Å². The van der Waals surface area contributed by atoms with Crippen LogP contribution in [0.15, 0.2) is 4.99 Å². The lowest BCUT2D eigenvalue weighted by Crippen LogP contribution is -2.51. The van der Waals surface area contributed by atoms with Crippen LogP contribution in [0.4, 0.5) is 0 Å². The average molecular weight is 442 g/mol. The minimum atomic E-state index is 0. The molecular formula is C16H35IN4O2. The minimum absolute atomic E-state index is 0. The topological polar surface area (TPSA) is 58.1 Å². The van der Waals surface area contributed by atoms with Crippen molar-refractivity contribution >= 4 is 29.9 Å². The lowest BCUT2D eigenvalue weighted by molar-refractivity contribution is 0.0888. The third-order valence-corrected chi connectivity index (χ3v) is 4.26. The maximum absolute atomic E-state index is 5.69. The van der Waals surface area contributed by atoms with Crippen molar-refractivity contribution in [3.63, 3.8) is 0 Å². The first-order valence-electron chi connectivity index (χ1n) is 8.23. The van der Waals surface area contributed by atoms with Crippen LogP contribution in [-0.2, 0) is 9.47 Å². The van der Waals surface area contributed by atoms with Crippen molar-refractivity contribution in [2.45, 2.75) is 32.2 Å². The van der Waals surface area contributed by atoms with E-state index in [9.17, 15) is 0 Å². The Morgan fingerprint density at radius 2 is 2.09 bits per heavy atom. The van der Waals surface area contributed by atoms with E-state index in [-0.39, 0.29) is 29.5 Å². The van der Waals surface area contributed by atoms with Crippen molar-refractivity contribution in [3.05, 3.63) is 0 Å². The van der Waals surface area contributed by atoms with Crippen molar-refractivity contribution in [3.8, 4) is 0 Å². The molecule has 0 radical (unpaired) electrons. The van der Waals surface area contributed by atoms with E-state index in [0.29, 0.717) is 5.92 Å². The number of aliphatic imine (C=N–C) groups is 1. The zero-order valence-electron chi connectivity index (χ0n) is 15.4. The number of rotatable bonds is 9. The van der Waals surface area contributed by atoms with Gasteiger partial charge in [0.05, 0.1) is 13.2 Å². The summed E-state index contributed by atoms with van der Waals surface area (Å²) in [5.74, 6) is 1.44. The molecule has 1 aliphatic rings. The van der Waals surface area contributed by atoms with Gasteiger partial charge in [-0.1, -0.05) is 0 Å². The summed E-state index contributed by atoms with van der Waals surface area (Å²) in [5.41, 5.74) is 0.0874. The highest BCUT2D eigenvalue weighted by Gasteiger charge is 2.20. The van der Waals surface area contributed by atoms with Gasteiger partial charge in [-0.15, -0.1) is 24.0 Å². The molecule has 6 nitrogen and oxygen atoms in total. The van der Waals surface area contributed by atoms with E-state index < -0.39 is 0 Å². The van der Waals surface area contributed by atoms with Gasteiger partial charge in [-0.25, -0.2) is 0 Å². The number of guanidine groups is 1.